The van der Waals surface area contributed by atoms with Gasteiger partial charge in [0.25, 0.3) is 0 Å². The molecular weight excluding hydrogens is 419 g/mol. The highest BCUT2D eigenvalue weighted by Crippen LogP contribution is 2.24. The maximum Gasteiger partial charge on any atom is 0.244 e. The Balaban J connectivity index is 1.18. The predicted molar refractivity (Wildman–Crippen MR) is 128 cm³/mol. The summed E-state index contributed by atoms with van der Waals surface area (Å²) >= 11 is 0. The summed E-state index contributed by atoms with van der Waals surface area (Å²) < 4.78 is 19.8. The number of anilines is 1. The van der Waals surface area contributed by atoms with E-state index in [-0.39, 0.29) is 11.7 Å². The van der Waals surface area contributed by atoms with Crippen LogP contribution in [0.4, 0.5) is 10.1 Å². The fraction of sp³-hybridized carbons (Fsp3) is 0.231. The minimum absolute atomic E-state index is 0.108. The number of rotatable bonds is 8. The number of hydrogen-bond acceptors (Lipinski definition) is 5. The number of amides is 1. The second-order valence-corrected chi connectivity index (χ2v) is 7.77. The topological polar surface area (TPSA) is 57.7 Å². The molecule has 1 N–H and O–H groups in total. The van der Waals surface area contributed by atoms with Crippen LogP contribution >= 0.6 is 0 Å². The van der Waals surface area contributed by atoms with Gasteiger partial charge in [0.15, 0.2) is 11.6 Å². The molecule has 1 aliphatic heterocycles. The van der Waals surface area contributed by atoms with Gasteiger partial charge in [-0.2, -0.15) is 0 Å². The molecular formula is C26H27FN4O2. The zero-order chi connectivity index (χ0) is 22.9. The first-order chi connectivity index (χ1) is 16.2. The summed E-state index contributed by atoms with van der Waals surface area (Å²) in [6.45, 7) is 5.26. The van der Waals surface area contributed by atoms with Crippen molar-refractivity contribution in [3.05, 3.63) is 90.5 Å². The summed E-state index contributed by atoms with van der Waals surface area (Å²) in [5.74, 6) is -0.136. The maximum absolute atomic E-state index is 14.3. The van der Waals surface area contributed by atoms with E-state index in [1.54, 1.807) is 30.5 Å². The Morgan fingerprint density at radius 2 is 1.88 bits per heavy atom. The van der Waals surface area contributed by atoms with Crippen molar-refractivity contribution in [3.8, 4) is 11.5 Å². The Hall–Kier alpha value is -3.71. The van der Waals surface area contributed by atoms with E-state index in [4.69, 9.17) is 4.74 Å². The van der Waals surface area contributed by atoms with Crippen molar-refractivity contribution in [1.82, 2.24) is 15.2 Å². The third-order valence-corrected chi connectivity index (χ3v) is 5.47. The van der Waals surface area contributed by atoms with Gasteiger partial charge < -0.3 is 15.0 Å². The van der Waals surface area contributed by atoms with Crippen LogP contribution in [-0.4, -0.2) is 55.1 Å². The first kappa shape index (κ1) is 22.5. The number of nitrogens with zero attached hydrogens (tertiary/aromatic N) is 3. The lowest BCUT2D eigenvalue weighted by molar-refractivity contribution is -0.116. The molecule has 0 unspecified atom stereocenters. The molecule has 3 aromatic rings. The van der Waals surface area contributed by atoms with Gasteiger partial charge in [-0.25, -0.2) is 4.39 Å². The smallest absolute Gasteiger partial charge is 0.244 e. The van der Waals surface area contributed by atoms with Gasteiger partial charge >= 0.3 is 0 Å². The van der Waals surface area contributed by atoms with E-state index < -0.39 is 5.82 Å². The van der Waals surface area contributed by atoms with Crippen LogP contribution in [0, 0.1) is 5.82 Å². The molecule has 4 rings (SSSR count). The third-order valence-electron chi connectivity index (χ3n) is 5.47. The zero-order valence-corrected chi connectivity index (χ0v) is 18.4. The molecule has 0 radical (unpaired) electrons. The third kappa shape index (κ3) is 6.63. The Kier molecular flexibility index (Phi) is 7.66. The summed E-state index contributed by atoms with van der Waals surface area (Å²) in [5.41, 5.74) is 1.84. The Bertz CT molecular complexity index is 1070. The minimum Gasteiger partial charge on any atom is -0.453 e. The Labute approximate surface area is 193 Å². The summed E-state index contributed by atoms with van der Waals surface area (Å²) in [4.78, 5) is 20.8. The second kappa shape index (κ2) is 11.2. The molecule has 0 bridgehead atoms. The van der Waals surface area contributed by atoms with Crippen LogP contribution in [-0.2, 0) is 4.79 Å². The molecule has 7 heteroatoms. The lowest BCUT2D eigenvalue weighted by Crippen LogP contribution is -2.48. The van der Waals surface area contributed by atoms with Gasteiger partial charge in [-0.05, 0) is 48.0 Å². The summed E-state index contributed by atoms with van der Waals surface area (Å²) in [6, 6.07) is 18.4. The molecule has 6 nitrogen and oxygen atoms in total. The standard InChI is InChI=1S/C26H27FN4O2/c27-24-19-21(8-10-25(24)33-23-7-4-12-28-20-23)9-11-26(32)29-13-14-30-15-17-31(18-16-30)22-5-2-1-3-6-22/h1-12,19-20H,13-18H2,(H,29,32)/b11-9+. The number of ether oxygens (including phenoxy) is 1. The van der Waals surface area contributed by atoms with Crippen molar-refractivity contribution in [2.24, 2.45) is 0 Å². The van der Waals surface area contributed by atoms with Crippen molar-refractivity contribution in [2.75, 3.05) is 44.2 Å². The molecule has 0 spiro atoms. The molecule has 0 aliphatic carbocycles. The van der Waals surface area contributed by atoms with Crippen molar-refractivity contribution < 1.29 is 13.9 Å². The Morgan fingerprint density at radius 1 is 1.06 bits per heavy atom. The van der Waals surface area contributed by atoms with Crippen LogP contribution in [0.3, 0.4) is 0 Å². The van der Waals surface area contributed by atoms with Crippen LogP contribution < -0.4 is 15.0 Å². The highest BCUT2D eigenvalue weighted by Gasteiger charge is 2.16. The summed E-state index contributed by atoms with van der Waals surface area (Å²) in [7, 11) is 0. The van der Waals surface area contributed by atoms with Gasteiger partial charge in [0.1, 0.15) is 5.75 Å². The number of aromatic nitrogens is 1. The van der Waals surface area contributed by atoms with Crippen molar-refractivity contribution in [1.29, 1.82) is 0 Å². The minimum atomic E-state index is -0.504. The molecule has 1 aromatic heterocycles. The number of nitrogens with one attached hydrogen (secondary N) is 1. The van der Waals surface area contributed by atoms with E-state index in [2.05, 4.69) is 44.4 Å². The van der Waals surface area contributed by atoms with E-state index in [0.717, 1.165) is 32.7 Å². The lowest BCUT2D eigenvalue weighted by Gasteiger charge is -2.36. The van der Waals surface area contributed by atoms with Crippen molar-refractivity contribution in [2.45, 2.75) is 0 Å². The largest absolute Gasteiger partial charge is 0.453 e. The zero-order valence-electron chi connectivity index (χ0n) is 18.4. The molecule has 2 aromatic carbocycles. The van der Waals surface area contributed by atoms with Gasteiger partial charge in [-0.1, -0.05) is 24.3 Å². The van der Waals surface area contributed by atoms with E-state index in [9.17, 15) is 9.18 Å². The van der Waals surface area contributed by atoms with E-state index >= 15 is 0 Å². The van der Waals surface area contributed by atoms with Crippen molar-refractivity contribution >= 4 is 17.7 Å². The van der Waals surface area contributed by atoms with Crippen LogP contribution in [0.15, 0.2) is 79.1 Å². The number of para-hydroxylation sites is 1. The van der Waals surface area contributed by atoms with Crippen molar-refractivity contribution in [3.63, 3.8) is 0 Å². The van der Waals surface area contributed by atoms with Crippen LogP contribution in [0.1, 0.15) is 5.56 Å². The quantitative estimate of drug-likeness (QED) is 0.531. The Morgan fingerprint density at radius 3 is 2.61 bits per heavy atom. The average molecular weight is 447 g/mol. The molecule has 170 valence electrons. The molecule has 1 saturated heterocycles. The molecule has 1 amide bonds. The van der Waals surface area contributed by atoms with E-state index in [1.807, 2.05) is 6.07 Å². The first-order valence-corrected chi connectivity index (χ1v) is 11.0. The molecule has 1 aliphatic rings. The van der Waals surface area contributed by atoms with Gasteiger partial charge in [-0.3, -0.25) is 14.7 Å². The van der Waals surface area contributed by atoms with Gasteiger partial charge in [0.2, 0.25) is 5.91 Å². The van der Waals surface area contributed by atoms with Gasteiger partial charge in [-0.15, -0.1) is 0 Å². The number of benzene rings is 2. The van der Waals surface area contributed by atoms with Gasteiger partial charge in [0.05, 0.1) is 6.20 Å². The highest BCUT2D eigenvalue weighted by molar-refractivity contribution is 5.91. The number of piperazine rings is 1. The van der Waals surface area contributed by atoms with E-state index in [1.165, 1.54) is 30.1 Å². The normalized spacial score (nSPS) is 14.4. The number of halogens is 1. The summed E-state index contributed by atoms with van der Waals surface area (Å²) in [5, 5.41) is 2.90. The summed E-state index contributed by atoms with van der Waals surface area (Å²) in [6.07, 6.45) is 6.14. The molecule has 1 fully saturated rings. The highest BCUT2D eigenvalue weighted by atomic mass is 19.1. The monoisotopic (exact) mass is 446 g/mol. The number of carbonyl (C=O) groups is 1. The molecule has 33 heavy (non-hydrogen) atoms. The molecule has 0 saturated carbocycles. The average Bonchev–Trinajstić information content (AvgIpc) is 2.86. The van der Waals surface area contributed by atoms with Crippen LogP contribution in [0.25, 0.3) is 6.08 Å². The fourth-order valence-corrected chi connectivity index (χ4v) is 3.67. The number of pyridine rings is 1. The first-order valence-electron chi connectivity index (χ1n) is 11.0. The lowest BCUT2D eigenvalue weighted by atomic mass is 10.2. The predicted octanol–water partition coefficient (Wildman–Crippen LogP) is 3.96. The number of carbonyl (C=O) groups excluding carboxylic acids is 1. The van der Waals surface area contributed by atoms with Crippen LogP contribution in [0.5, 0.6) is 11.5 Å². The fourth-order valence-electron chi connectivity index (χ4n) is 3.67. The number of hydrogen-bond donors (Lipinski definition) is 1. The second-order valence-electron chi connectivity index (χ2n) is 7.77. The SMILES string of the molecule is O=C(/C=C/c1ccc(Oc2cccnc2)c(F)c1)NCCN1CCN(c2ccccc2)CC1. The molecule has 2 heterocycles. The van der Waals surface area contributed by atoms with Crippen LogP contribution in [0.2, 0.25) is 0 Å². The maximum atomic E-state index is 14.3. The van der Waals surface area contributed by atoms with E-state index in [0.29, 0.717) is 17.9 Å². The van der Waals surface area contributed by atoms with Gasteiger partial charge in [0, 0.05) is 57.2 Å². The molecule has 0 atom stereocenters.